The van der Waals surface area contributed by atoms with Crippen molar-refractivity contribution < 1.29 is 13.5 Å². The predicted octanol–water partition coefficient (Wildman–Crippen LogP) is 3.01. The Morgan fingerprint density at radius 3 is 2.38 bits per heavy atom. The predicted molar refractivity (Wildman–Crippen MR) is 83.1 cm³/mol. The molecule has 4 nitrogen and oxygen atoms in total. The van der Waals surface area contributed by atoms with Gasteiger partial charge in [-0.3, -0.25) is 0 Å². The van der Waals surface area contributed by atoms with Crippen LogP contribution in [0.4, 0.5) is 0 Å². The average molecular weight is 346 g/mol. The number of aliphatic hydroxyl groups excluding tert-OH is 1. The summed E-state index contributed by atoms with van der Waals surface area (Å²) in [5.41, 5.74) is 0.627. The van der Waals surface area contributed by atoms with Crippen LogP contribution < -0.4 is 4.72 Å². The maximum atomic E-state index is 12.2. The third kappa shape index (κ3) is 4.18. The molecular formula is C14H13Cl2NO3S. The molecule has 2 rings (SSSR count). The van der Waals surface area contributed by atoms with Crippen molar-refractivity contribution in [3.05, 3.63) is 64.1 Å². The minimum atomic E-state index is -3.81. The van der Waals surface area contributed by atoms with E-state index >= 15 is 0 Å². The fourth-order valence-electron chi connectivity index (χ4n) is 1.75. The second-order valence-corrected chi connectivity index (χ2v) is 6.93. The van der Waals surface area contributed by atoms with Crippen molar-refractivity contribution in [2.24, 2.45) is 0 Å². The molecule has 0 aromatic heterocycles. The van der Waals surface area contributed by atoms with Crippen LogP contribution in [0.2, 0.25) is 10.0 Å². The lowest BCUT2D eigenvalue weighted by molar-refractivity contribution is 0.182. The van der Waals surface area contributed by atoms with Crippen molar-refractivity contribution in [3.63, 3.8) is 0 Å². The molecule has 21 heavy (non-hydrogen) atoms. The molecule has 0 aliphatic carbocycles. The Balaban J connectivity index is 2.11. The molecule has 0 amide bonds. The first-order chi connectivity index (χ1) is 9.90. The second-order valence-electron chi connectivity index (χ2n) is 4.35. The van der Waals surface area contributed by atoms with Crippen LogP contribution in [0.3, 0.4) is 0 Å². The molecule has 0 spiro atoms. The van der Waals surface area contributed by atoms with Crippen LogP contribution in [-0.2, 0) is 10.0 Å². The first kappa shape index (κ1) is 16.3. The standard InChI is InChI=1S/C14H13Cl2NO3S/c15-11-6-7-14(12(16)8-11)21(19,20)17-9-13(18)10-4-2-1-3-5-10/h1-8,13,17-18H,9H2/t13-/m0/s1. The Morgan fingerprint density at radius 1 is 1.10 bits per heavy atom. The van der Waals surface area contributed by atoms with Crippen LogP contribution in [0.5, 0.6) is 0 Å². The third-order valence-corrected chi connectivity index (χ3v) is 4.98. The quantitative estimate of drug-likeness (QED) is 0.875. The summed E-state index contributed by atoms with van der Waals surface area (Å²) in [4.78, 5) is -0.0752. The molecule has 1 atom stereocenters. The number of sulfonamides is 1. The Hall–Kier alpha value is -1.11. The minimum absolute atomic E-state index is 0.0317. The summed E-state index contributed by atoms with van der Waals surface area (Å²) in [5.74, 6) is 0. The van der Waals surface area contributed by atoms with E-state index in [0.29, 0.717) is 10.6 Å². The molecule has 0 aliphatic heterocycles. The highest BCUT2D eigenvalue weighted by molar-refractivity contribution is 7.89. The molecule has 7 heteroatoms. The van der Waals surface area contributed by atoms with E-state index in [1.807, 2.05) is 6.07 Å². The topological polar surface area (TPSA) is 66.4 Å². The van der Waals surface area contributed by atoms with Crippen molar-refractivity contribution >= 4 is 33.2 Å². The summed E-state index contributed by atoms with van der Waals surface area (Å²) in [5, 5.41) is 10.3. The van der Waals surface area contributed by atoms with E-state index in [4.69, 9.17) is 23.2 Å². The molecule has 0 saturated carbocycles. The van der Waals surface area contributed by atoms with E-state index < -0.39 is 16.1 Å². The zero-order chi connectivity index (χ0) is 15.5. The molecule has 2 aromatic rings. The molecule has 2 N–H and O–H groups in total. The maximum Gasteiger partial charge on any atom is 0.242 e. The lowest BCUT2D eigenvalue weighted by atomic mass is 10.1. The number of benzene rings is 2. The number of hydrogen-bond acceptors (Lipinski definition) is 3. The van der Waals surface area contributed by atoms with Crippen LogP contribution in [0.25, 0.3) is 0 Å². The van der Waals surface area contributed by atoms with Gasteiger partial charge in [0.05, 0.1) is 11.1 Å². The molecule has 0 unspecified atom stereocenters. The minimum Gasteiger partial charge on any atom is -0.387 e. The molecule has 0 aliphatic rings. The van der Waals surface area contributed by atoms with Crippen LogP contribution >= 0.6 is 23.2 Å². The van der Waals surface area contributed by atoms with E-state index in [9.17, 15) is 13.5 Å². The largest absolute Gasteiger partial charge is 0.387 e. The summed E-state index contributed by atoms with van der Waals surface area (Å²) >= 11 is 11.6. The van der Waals surface area contributed by atoms with Crippen LogP contribution in [-0.4, -0.2) is 20.1 Å². The van der Waals surface area contributed by atoms with Crippen molar-refractivity contribution in [3.8, 4) is 0 Å². The Bertz CT molecular complexity index is 720. The van der Waals surface area contributed by atoms with E-state index in [-0.39, 0.29) is 16.5 Å². The number of hydrogen-bond donors (Lipinski definition) is 2. The van der Waals surface area contributed by atoms with Gasteiger partial charge in [-0.05, 0) is 23.8 Å². The highest BCUT2D eigenvalue weighted by atomic mass is 35.5. The highest BCUT2D eigenvalue weighted by Gasteiger charge is 2.19. The molecule has 0 bridgehead atoms. The molecule has 0 radical (unpaired) electrons. The maximum absolute atomic E-state index is 12.2. The summed E-state index contributed by atoms with van der Waals surface area (Å²) in [7, 11) is -3.81. The molecule has 112 valence electrons. The van der Waals surface area contributed by atoms with Gasteiger partial charge < -0.3 is 5.11 Å². The smallest absolute Gasteiger partial charge is 0.242 e. The highest BCUT2D eigenvalue weighted by Crippen LogP contribution is 2.25. The summed E-state index contributed by atoms with van der Waals surface area (Å²) in [6, 6.07) is 12.9. The van der Waals surface area contributed by atoms with Gasteiger partial charge in [-0.15, -0.1) is 0 Å². The van der Waals surface area contributed by atoms with Gasteiger partial charge in [0.2, 0.25) is 10.0 Å². The van der Waals surface area contributed by atoms with Gasteiger partial charge in [0.1, 0.15) is 4.90 Å². The van der Waals surface area contributed by atoms with E-state index in [0.717, 1.165) is 0 Å². The normalized spacial score (nSPS) is 13.1. The van der Waals surface area contributed by atoms with E-state index in [2.05, 4.69) is 4.72 Å². The first-order valence-corrected chi connectivity index (χ1v) is 8.32. The van der Waals surface area contributed by atoms with Crippen molar-refractivity contribution in [1.82, 2.24) is 4.72 Å². The van der Waals surface area contributed by atoms with Crippen LogP contribution in [0, 0.1) is 0 Å². The average Bonchev–Trinajstić information content (AvgIpc) is 2.45. The monoisotopic (exact) mass is 345 g/mol. The van der Waals surface area contributed by atoms with Crippen molar-refractivity contribution in [1.29, 1.82) is 0 Å². The first-order valence-electron chi connectivity index (χ1n) is 6.08. The van der Waals surface area contributed by atoms with E-state index in [1.54, 1.807) is 24.3 Å². The number of halogens is 2. The molecule has 2 aromatic carbocycles. The van der Waals surface area contributed by atoms with Gasteiger partial charge in [-0.1, -0.05) is 53.5 Å². The lowest BCUT2D eigenvalue weighted by Gasteiger charge is -2.13. The molecular weight excluding hydrogens is 333 g/mol. The van der Waals surface area contributed by atoms with Gasteiger partial charge in [0.25, 0.3) is 0 Å². The number of rotatable bonds is 5. The van der Waals surface area contributed by atoms with Crippen LogP contribution in [0.1, 0.15) is 11.7 Å². The van der Waals surface area contributed by atoms with E-state index in [1.165, 1.54) is 18.2 Å². The van der Waals surface area contributed by atoms with Crippen LogP contribution in [0.15, 0.2) is 53.4 Å². The van der Waals surface area contributed by atoms with Gasteiger partial charge in [-0.25, -0.2) is 13.1 Å². The molecule has 0 saturated heterocycles. The fourth-order valence-corrected chi connectivity index (χ4v) is 3.56. The van der Waals surface area contributed by atoms with Gasteiger partial charge in [-0.2, -0.15) is 0 Å². The molecule has 0 fully saturated rings. The van der Waals surface area contributed by atoms with Crippen molar-refractivity contribution in [2.45, 2.75) is 11.0 Å². The second kappa shape index (κ2) is 6.77. The Labute approximate surface area is 133 Å². The summed E-state index contributed by atoms with van der Waals surface area (Å²) in [6.07, 6.45) is -0.938. The Morgan fingerprint density at radius 2 is 1.76 bits per heavy atom. The van der Waals surface area contributed by atoms with Gasteiger partial charge in [0, 0.05) is 11.6 Å². The summed E-state index contributed by atoms with van der Waals surface area (Å²) < 4.78 is 26.6. The van der Waals surface area contributed by atoms with Gasteiger partial charge >= 0.3 is 0 Å². The SMILES string of the molecule is O=S(=O)(NC[C@H](O)c1ccccc1)c1ccc(Cl)cc1Cl. The fraction of sp³-hybridized carbons (Fsp3) is 0.143. The Kier molecular flexibility index (Phi) is 5.24. The molecule has 0 heterocycles. The zero-order valence-corrected chi connectivity index (χ0v) is 13.2. The lowest BCUT2D eigenvalue weighted by Crippen LogP contribution is -2.28. The van der Waals surface area contributed by atoms with Gasteiger partial charge in [0.15, 0.2) is 0 Å². The van der Waals surface area contributed by atoms with Crippen molar-refractivity contribution in [2.75, 3.05) is 6.54 Å². The third-order valence-electron chi connectivity index (χ3n) is 2.83. The zero-order valence-electron chi connectivity index (χ0n) is 10.8. The number of aliphatic hydroxyl groups is 1. The summed E-state index contributed by atoms with van der Waals surface area (Å²) in [6.45, 7) is -0.148. The number of nitrogens with one attached hydrogen (secondary N) is 1.